The molecule has 2 aliphatic carbocycles. The van der Waals surface area contributed by atoms with E-state index in [0.717, 1.165) is 0 Å². The minimum atomic E-state index is -2.06. The Kier molecular flexibility index (Phi) is 9.15. The number of hydrogen-bond acceptors (Lipinski definition) is 14. The molecule has 0 aromatic heterocycles. The van der Waals surface area contributed by atoms with Crippen molar-refractivity contribution < 1.29 is 63.6 Å². The number of hydrogen-bond donors (Lipinski definition) is 6. The van der Waals surface area contributed by atoms with Gasteiger partial charge in [0.25, 0.3) is 0 Å². The number of aliphatic hydroxyl groups excluding tert-OH is 2. The molecule has 4 aliphatic rings. The average molecular weight is 672 g/mol. The highest BCUT2D eigenvalue weighted by atomic mass is 16.7. The Morgan fingerprint density at radius 2 is 1.77 bits per heavy atom. The summed E-state index contributed by atoms with van der Waals surface area (Å²) < 4.78 is 29.9. The molecule has 0 saturated carbocycles. The van der Waals surface area contributed by atoms with Gasteiger partial charge in [-0.1, -0.05) is 12.1 Å². The Bertz CT molecular complexity index is 1640. The topological polar surface area (TPSA) is 211 Å². The smallest absolute Gasteiger partial charge is 0.202 e. The van der Waals surface area contributed by atoms with Crippen LogP contribution in [0.4, 0.5) is 0 Å². The second-order valence-corrected chi connectivity index (χ2v) is 13.2. The van der Waals surface area contributed by atoms with Gasteiger partial charge in [-0.05, 0) is 33.8 Å². The number of phenols is 2. The maximum atomic E-state index is 13.9. The summed E-state index contributed by atoms with van der Waals surface area (Å²) >= 11 is 0. The summed E-state index contributed by atoms with van der Waals surface area (Å²) in [5, 5.41) is 58.7. The summed E-state index contributed by atoms with van der Waals surface area (Å²) in [6.45, 7) is 6.16. The Labute approximate surface area is 276 Å². The van der Waals surface area contributed by atoms with Gasteiger partial charge in [-0.3, -0.25) is 19.7 Å². The van der Waals surface area contributed by atoms with E-state index in [1.165, 1.54) is 32.2 Å². The molecule has 2 aromatic carbocycles. The van der Waals surface area contributed by atoms with Crippen LogP contribution >= 0.6 is 0 Å². The first-order chi connectivity index (χ1) is 22.6. The highest BCUT2D eigenvalue weighted by molar-refractivity contribution is 6.31. The van der Waals surface area contributed by atoms with Crippen molar-refractivity contribution in [2.24, 2.45) is 0 Å². The summed E-state index contributed by atoms with van der Waals surface area (Å²) in [5.74, 6) is -3.29. The van der Waals surface area contributed by atoms with Crippen molar-refractivity contribution >= 4 is 17.3 Å². The number of ether oxygens (including phenoxy) is 5. The fraction of sp³-hybridized carbons (Fsp3) is 0.559. The van der Waals surface area contributed by atoms with Crippen molar-refractivity contribution in [3.05, 3.63) is 51.6 Å². The molecule has 48 heavy (non-hydrogen) atoms. The Balaban J connectivity index is 1.39. The fourth-order valence-corrected chi connectivity index (χ4v) is 7.25. The SMILES string of the molecule is COc1cccc2c1C(=O)c1c(O)c3c(c(O)c1C2=O)C[C@@](O)(C(C)=O)C[C@@H]3O[C@H]1C[C@@H]2NC(O)C(C)OC(CC(C)O)O[C@@H]2[C@H](C)O1. The van der Waals surface area contributed by atoms with Crippen LogP contribution in [0.5, 0.6) is 17.2 Å². The van der Waals surface area contributed by atoms with Crippen LogP contribution in [0.15, 0.2) is 18.2 Å². The molecular formula is C34H41NO13. The lowest BCUT2D eigenvalue weighted by molar-refractivity contribution is -0.304. The third kappa shape index (κ3) is 5.79. The van der Waals surface area contributed by atoms with Crippen LogP contribution < -0.4 is 10.1 Å². The number of carbonyl (C=O) groups is 3. The van der Waals surface area contributed by atoms with E-state index in [2.05, 4.69) is 5.32 Å². The van der Waals surface area contributed by atoms with Crippen LogP contribution in [0.1, 0.15) is 96.0 Å². The molecule has 14 nitrogen and oxygen atoms in total. The first-order valence-corrected chi connectivity index (χ1v) is 16.0. The number of methoxy groups -OCH3 is 1. The van der Waals surface area contributed by atoms with Crippen molar-refractivity contribution in [2.75, 3.05) is 7.11 Å². The van der Waals surface area contributed by atoms with Gasteiger partial charge in [-0.2, -0.15) is 0 Å². The fourth-order valence-electron chi connectivity index (χ4n) is 7.25. The van der Waals surface area contributed by atoms with E-state index in [1.54, 1.807) is 20.8 Å². The molecule has 10 atom stereocenters. The van der Waals surface area contributed by atoms with Gasteiger partial charge in [-0.15, -0.1) is 0 Å². The predicted molar refractivity (Wildman–Crippen MR) is 165 cm³/mol. The first kappa shape index (κ1) is 34.4. The molecule has 14 heteroatoms. The number of aromatic hydroxyl groups is 2. The maximum absolute atomic E-state index is 13.9. The van der Waals surface area contributed by atoms with E-state index in [-0.39, 0.29) is 47.3 Å². The minimum Gasteiger partial charge on any atom is -0.507 e. The number of nitrogens with one attached hydrogen (secondary N) is 1. The number of ketones is 3. The standard InChI is InChI=1S/C34H41NO13/c1-13(36)9-22-46-15(3)33(42)35-19-10-23(45-14(2)32(19)48-22)47-21-12-34(43,16(4)37)11-18-25(21)31(41)27-26(29(18)39)28(38)17-7-6-8-20(44-5)24(17)30(27)40/h6-8,13-15,19,21-23,32-33,35-36,39,41-43H,9-12H2,1-5H3/t13?,14-,15?,19-,21-,22?,23-,32+,33?,34-/m0/s1. The summed E-state index contributed by atoms with van der Waals surface area (Å²) in [6.07, 6.45) is -7.61. The lowest BCUT2D eigenvalue weighted by Crippen LogP contribution is -2.62. The Morgan fingerprint density at radius 3 is 2.44 bits per heavy atom. The highest BCUT2D eigenvalue weighted by Gasteiger charge is 2.50. The zero-order valence-electron chi connectivity index (χ0n) is 27.3. The van der Waals surface area contributed by atoms with Crippen LogP contribution in [-0.2, 0) is 30.2 Å². The molecule has 2 aliphatic heterocycles. The summed E-state index contributed by atoms with van der Waals surface area (Å²) in [5.41, 5.74) is -3.21. The van der Waals surface area contributed by atoms with Crippen molar-refractivity contribution in [3.8, 4) is 17.2 Å². The van der Waals surface area contributed by atoms with E-state index >= 15 is 0 Å². The molecule has 6 N–H and O–H groups in total. The van der Waals surface area contributed by atoms with E-state index < -0.39 is 107 Å². The monoisotopic (exact) mass is 671 g/mol. The zero-order valence-corrected chi connectivity index (χ0v) is 27.3. The zero-order chi connectivity index (χ0) is 34.8. The molecule has 4 unspecified atom stereocenters. The molecular weight excluding hydrogens is 630 g/mol. The average Bonchev–Trinajstić information content (AvgIpc) is 3.01. The summed E-state index contributed by atoms with van der Waals surface area (Å²) in [6, 6.07) is 3.88. The van der Waals surface area contributed by atoms with E-state index in [4.69, 9.17) is 23.7 Å². The van der Waals surface area contributed by atoms with Gasteiger partial charge < -0.3 is 49.2 Å². The molecule has 2 heterocycles. The van der Waals surface area contributed by atoms with Crippen molar-refractivity contribution in [1.82, 2.24) is 5.32 Å². The lowest BCUT2D eigenvalue weighted by Gasteiger charge is -2.46. The molecule has 2 aromatic rings. The van der Waals surface area contributed by atoms with Gasteiger partial charge in [0.15, 0.2) is 24.1 Å². The van der Waals surface area contributed by atoms with Crippen LogP contribution in [0, 0.1) is 0 Å². The van der Waals surface area contributed by atoms with Crippen LogP contribution in [0.2, 0.25) is 0 Å². The van der Waals surface area contributed by atoms with Crippen molar-refractivity contribution in [3.63, 3.8) is 0 Å². The predicted octanol–water partition coefficient (Wildman–Crippen LogP) is 1.52. The molecule has 0 spiro atoms. The number of rotatable bonds is 6. The molecule has 6 rings (SSSR count). The Hall–Kier alpha value is -3.47. The van der Waals surface area contributed by atoms with Crippen LogP contribution in [0.3, 0.4) is 0 Å². The van der Waals surface area contributed by atoms with Gasteiger partial charge >= 0.3 is 0 Å². The van der Waals surface area contributed by atoms with Gasteiger partial charge in [0.05, 0.1) is 48.2 Å². The molecule has 0 bridgehead atoms. The molecule has 0 radical (unpaired) electrons. The highest BCUT2D eigenvalue weighted by Crippen LogP contribution is 2.52. The number of fused-ring (bicyclic) bond motifs is 4. The summed E-state index contributed by atoms with van der Waals surface area (Å²) in [7, 11) is 1.34. The number of Topliss-reactive ketones (excluding diaryl/α,β-unsaturated/α-hetero) is 1. The number of carbonyl (C=O) groups excluding carboxylic acids is 3. The van der Waals surface area contributed by atoms with Crippen LogP contribution in [0.25, 0.3) is 0 Å². The summed E-state index contributed by atoms with van der Waals surface area (Å²) in [4.78, 5) is 40.4. The van der Waals surface area contributed by atoms with Gasteiger partial charge in [0.2, 0.25) is 5.78 Å². The largest absolute Gasteiger partial charge is 0.507 e. The van der Waals surface area contributed by atoms with E-state index in [0.29, 0.717) is 0 Å². The minimum absolute atomic E-state index is 0.0300. The van der Waals surface area contributed by atoms with Crippen LogP contribution in [-0.4, -0.2) is 105 Å². The normalized spacial score (nSPS) is 33.8. The maximum Gasteiger partial charge on any atom is 0.202 e. The third-order valence-electron chi connectivity index (χ3n) is 9.76. The molecule has 0 amide bonds. The first-order valence-electron chi connectivity index (χ1n) is 16.0. The molecule has 260 valence electrons. The van der Waals surface area contributed by atoms with Gasteiger partial charge in [0.1, 0.15) is 35.2 Å². The van der Waals surface area contributed by atoms with E-state index in [9.17, 15) is 39.9 Å². The Morgan fingerprint density at radius 1 is 1.06 bits per heavy atom. The quantitative estimate of drug-likeness (QED) is 0.205. The number of phenolic OH excluding ortho intramolecular Hbond substituents is 2. The third-order valence-corrected chi connectivity index (χ3v) is 9.76. The van der Waals surface area contributed by atoms with Gasteiger partial charge in [-0.25, -0.2) is 0 Å². The van der Waals surface area contributed by atoms with E-state index in [1.807, 2.05) is 0 Å². The number of aliphatic hydroxyl groups is 3. The van der Waals surface area contributed by atoms with Crippen molar-refractivity contribution in [1.29, 1.82) is 0 Å². The second-order valence-electron chi connectivity index (χ2n) is 13.2. The molecule has 2 saturated heterocycles. The van der Waals surface area contributed by atoms with Gasteiger partial charge in [0, 0.05) is 48.4 Å². The van der Waals surface area contributed by atoms with Crippen molar-refractivity contribution in [2.45, 2.75) is 114 Å². The lowest BCUT2D eigenvalue weighted by atomic mass is 9.72. The molecule has 2 fully saturated rings. The number of benzene rings is 2. The second kappa shape index (κ2) is 12.8.